The molecule has 2 aromatic rings. The molecular formula is C24H27N5O4. The number of nitrogens with one attached hydrogen (secondary N) is 1. The molecule has 2 unspecified atom stereocenters. The number of hydrogen-bond acceptors (Lipinski definition) is 9. The number of carbonyl (C=O) groups is 1. The average molecular weight is 450 g/mol. The van der Waals surface area contributed by atoms with Crippen LogP contribution in [0.25, 0.3) is 11.5 Å². The minimum absolute atomic E-state index is 0.0388. The molecule has 1 fully saturated rings. The molecule has 4 rings (SSSR count). The van der Waals surface area contributed by atoms with Gasteiger partial charge in [-0.25, -0.2) is 0 Å². The molecule has 1 aliphatic carbocycles. The van der Waals surface area contributed by atoms with Crippen LogP contribution in [0, 0.1) is 12.8 Å². The van der Waals surface area contributed by atoms with E-state index < -0.39 is 0 Å². The van der Waals surface area contributed by atoms with Gasteiger partial charge in [-0.3, -0.25) is 0 Å². The summed E-state index contributed by atoms with van der Waals surface area (Å²) in [4.78, 5) is 19.5. The van der Waals surface area contributed by atoms with E-state index in [4.69, 9.17) is 13.9 Å². The van der Waals surface area contributed by atoms with Crippen molar-refractivity contribution in [1.82, 2.24) is 20.6 Å². The van der Waals surface area contributed by atoms with E-state index in [9.17, 15) is 4.79 Å². The van der Waals surface area contributed by atoms with Crippen LogP contribution in [-0.2, 0) is 9.63 Å². The SMILES string of the molecule is C=C/C=C\C=C\C1=CCC(C=O)C=C1.CON=C1CNC(c2nc(-c3cc(C)on3)no2)C1. The molecule has 2 aliphatic rings. The van der Waals surface area contributed by atoms with Gasteiger partial charge in [0.15, 0.2) is 5.69 Å². The van der Waals surface area contributed by atoms with Crippen molar-refractivity contribution >= 4 is 12.0 Å². The number of nitrogens with zero attached hydrogens (tertiary/aromatic N) is 4. The van der Waals surface area contributed by atoms with E-state index in [2.05, 4.69) is 38.4 Å². The first-order valence-electron chi connectivity index (χ1n) is 10.5. The molecule has 2 atom stereocenters. The van der Waals surface area contributed by atoms with E-state index in [1.54, 1.807) is 12.1 Å². The van der Waals surface area contributed by atoms with Gasteiger partial charge in [0.25, 0.3) is 0 Å². The van der Waals surface area contributed by atoms with E-state index in [1.807, 2.05) is 43.4 Å². The predicted octanol–water partition coefficient (Wildman–Crippen LogP) is 4.06. The first-order chi connectivity index (χ1) is 16.1. The number of rotatable bonds is 7. The maximum absolute atomic E-state index is 10.4. The largest absolute Gasteiger partial charge is 0.399 e. The van der Waals surface area contributed by atoms with Crippen LogP contribution in [-0.4, -0.2) is 40.9 Å². The van der Waals surface area contributed by atoms with E-state index in [-0.39, 0.29) is 12.0 Å². The van der Waals surface area contributed by atoms with Crippen molar-refractivity contribution in [2.75, 3.05) is 13.7 Å². The Bertz CT molecular complexity index is 1090. The summed E-state index contributed by atoms with van der Waals surface area (Å²) in [5, 5.41) is 14.9. The quantitative estimate of drug-likeness (QED) is 0.382. The molecule has 2 aromatic heterocycles. The molecule has 0 aromatic carbocycles. The van der Waals surface area contributed by atoms with Gasteiger partial charge in [-0.05, 0) is 18.9 Å². The summed E-state index contributed by atoms with van der Waals surface area (Å²) in [7, 11) is 1.53. The number of hydrogen-bond donors (Lipinski definition) is 1. The second-order valence-corrected chi connectivity index (χ2v) is 7.34. The van der Waals surface area contributed by atoms with Crippen LogP contribution in [0.15, 0.2) is 81.0 Å². The van der Waals surface area contributed by atoms with Crippen molar-refractivity contribution in [3.63, 3.8) is 0 Å². The van der Waals surface area contributed by atoms with Gasteiger partial charge in [-0.15, -0.1) is 0 Å². The average Bonchev–Trinajstić information content (AvgIpc) is 3.59. The van der Waals surface area contributed by atoms with Gasteiger partial charge in [-0.2, -0.15) is 4.98 Å². The molecule has 172 valence electrons. The Balaban J connectivity index is 0.000000196. The van der Waals surface area contributed by atoms with Gasteiger partial charge >= 0.3 is 0 Å². The third-order valence-electron chi connectivity index (χ3n) is 4.79. The minimum Gasteiger partial charge on any atom is -0.399 e. The summed E-state index contributed by atoms with van der Waals surface area (Å²) in [6, 6.07) is 1.72. The fraction of sp³-hybridized carbons (Fsp3) is 0.292. The van der Waals surface area contributed by atoms with Gasteiger partial charge in [0, 0.05) is 24.9 Å². The normalized spacial score (nSPS) is 21.3. The lowest BCUT2D eigenvalue weighted by atomic mass is 9.98. The molecule has 1 N–H and O–H groups in total. The van der Waals surface area contributed by atoms with Crippen molar-refractivity contribution in [1.29, 1.82) is 0 Å². The number of aromatic nitrogens is 3. The molecule has 3 heterocycles. The number of aldehydes is 1. The first kappa shape index (κ1) is 23.8. The summed E-state index contributed by atoms with van der Waals surface area (Å²) < 4.78 is 10.2. The van der Waals surface area contributed by atoms with Crippen molar-refractivity contribution < 1.29 is 18.7 Å². The molecule has 9 nitrogen and oxygen atoms in total. The molecule has 0 amide bonds. The standard InChI is InChI=1S/C13H14O.C11H13N5O3/c1-2-3-4-5-6-12-7-9-13(11-14)10-8-12;1-6-3-8(15-18-6)10-13-11(19-16-10)9-4-7(5-12-9)14-17-2/h2-9,11,13H,1,10H2;3,9,12H,4-5H2,1-2H3/b4-3-,6-5+;. The third-order valence-corrected chi connectivity index (χ3v) is 4.79. The number of allylic oxidation sites excluding steroid dienone is 9. The fourth-order valence-electron chi connectivity index (χ4n) is 3.13. The van der Waals surface area contributed by atoms with E-state index >= 15 is 0 Å². The second-order valence-electron chi connectivity index (χ2n) is 7.34. The fourth-order valence-corrected chi connectivity index (χ4v) is 3.13. The van der Waals surface area contributed by atoms with Crippen molar-refractivity contribution in [2.45, 2.75) is 25.8 Å². The number of carbonyl (C=O) groups excluding carboxylic acids is 1. The summed E-state index contributed by atoms with van der Waals surface area (Å²) in [6.45, 7) is 6.04. The van der Waals surface area contributed by atoms with Crippen LogP contribution in [0.1, 0.15) is 30.5 Å². The molecule has 1 saturated heterocycles. The number of oxime groups is 1. The molecule has 0 bridgehead atoms. The zero-order valence-electron chi connectivity index (χ0n) is 18.7. The topological polar surface area (TPSA) is 116 Å². The van der Waals surface area contributed by atoms with Crippen molar-refractivity contribution in [2.24, 2.45) is 11.1 Å². The molecule has 33 heavy (non-hydrogen) atoms. The molecule has 0 spiro atoms. The maximum Gasteiger partial charge on any atom is 0.244 e. The van der Waals surface area contributed by atoms with Crippen LogP contribution < -0.4 is 5.32 Å². The monoisotopic (exact) mass is 449 g/mol. The Hall–Kier alpha value is -3.85. The Labute approximate surface area is 192 Å². The van der Waals surface area contributed by atoms with Gasteiger partial charge in [0.2, 0.25) is 11.7 Å². The lowest BCUT2D eigenvalue weighted by molar-refractivity contribution is -0.109. The van der Waals surface area contributed by atoms with E-state index in [0.29, 0.717) is 36.1 Å². The lowest BCUT2D eigenvalue weighted by Gasteiger charge is -2.06. The third kappa shape index (κ3) is 7.08. The smallest absolute Gasteiger partial charge is 0.244 e. The Morgan fingerprint density at radius 1 is 1.27 bits per heavy atom. The van der Waals surface area contributed by atoms with Crippen molar-refractivity contribution in [3.8, 4) is 11.5 Å². The van der Waals surface area contributed by atoms with Crippen LogP contribution in [0.3, 0.4) is 0 Å². The Kier molecular flexibility index (Phi) is 8.84. The maximum atomic E-state index is 10.4. The molecule has 1 aliphatic heterocycles. The highest BCUT2D eigenvalue weighted by molar-refractivity contribution is 5.88. The van der Waals surface area contributed by atoms with Crippen LogP contribution >= 0.6 is 0 Å². The van der Waals surface area contributed by atoms with Gasteiger partial charge in [0.1, 0.15) is 19.2 Å². The molecule has 0 radical (unpaired) electrons. The van der Waals surface area contributed by atoms with Crippen LogP contribution in [0.2, 0.25) is 0 Å². The molecule has 9 heteroatoms. The van der Waals surface area contributed by atoms with Gasteiger partial charge in [-0.1, -0.05) is 70.7 Å². The Morgan fingerprint density at radius 3 is 2.82 bits per heavy atom. The van der Waals surface area contributed by atoms with Gasteiger partial charge in [0.05, 0.1) is 11.8 Å². The van der Waals surface area contributed by atoms with E-state index in [1.165, 1.54) is 7.11 Å². The summed E-state index contributed by atoms with van der Waals surface area (Å²) >= 11 is 0. The first-order valence-corrected chi connectivity index (χ1v) is 10.5. The highest BCUT2D eigenvalue weighted by Gasteiger charge is 2.27. The van der Waals surface area contributed by atoms with Crippen LogP contribution in [0.4, 0.5) is 0 Å². The number of aryl methyl sites for hydroxylation is 1. The second kappa shape index (κ2) is 12.3. The van der Waals surface area contributed by atoms with Crippen LogP contribution in [0.5, 0.6) is 0 Å². The summed E-state index contributed by atoms with van der Waals surface area (Å²) in [5.74, 6) is 1.70. The zero-order valence-corrected chi connectivity index (χ0v) is 18.7. The van der Waals surface area contributed by atoms with E-state index in [0.717, 1.165) is 24.0 Å². The highest BCUT2D eigenvalue weighted by Crippen LogP contribution is 2.23. The van der Waals surface area contributed by atoms with Crippen molar-refractivity contribution in [3.05, 3.63) is 78.5 Å². The molecule has 0 saturated carbocycles. The summed E-state index contributed by atoms with van der Waals surface area (Å²) in [6.07, 6.45) is 17.9. The predicted molar refractivity (Wildman–Crippen MR) is 124 cm³/mol. The Morgan fingerprint density at radius 2 is 2.15 bits per heavy atom. The minimum atomic E-state index is -0.0388. The highest BCUT2D eigenvalue weighted by atomic mass is 16.6. The summed E-state index contributed by atoms with van der Waals surface area (Å²) in [5.41, 5.74) is 2.64. The zero-order chi connectivity index (χ0) is 23.5. The van der Waals surface area contributed by atoms with Gasteiger partial charge < -0.3 is 24.0 Å². The lowest BCUT2D eigenvalue weighted by Crippen LogP contribution is -2.14. The molecular weight excluding hydrogens is 422 g/mol.